The van der Waals surface area contributed by atoms with E-state index in [0.717, 1.165) is 19.3 Å². The number of nitrogens with one attached hydrogen (secondary N) is 1. The van der Waals surface area contributed by atoms with Gasteiger partial charge in [-0.15, -0.1) is 0 Å². The molecule has 0 bridgehead atoms. The molecule has 0 atom stereocenters. The van der Waals surface area contributed by atoms with Crippen molar-refractivity contribution in [3.8, 4) is 0 Å². The Hall–Kier alpha value is -1.07. The molecule has 0 fully saturated rings. The summed E-state index contributed by atoms with van der Waals surface area (Å²) in [5.41, 5.74) is 0.417. The zero-order valence-electron chi connectivity index (χ0n) is 13.4. The third-order valence-corrected chi connectivity index (χ3v) is 3.81. The molecule has 0 unspecified atom stereocenters. The minimum absolute atomic E-state index is 0.0520. The van der Waals surface area contributed by atoms with Crippen LogP contribution in [0.2, 0.25) is 5.02 Å². The SMILES string of the molecule is CCCCn1ncc(NCC(C)(C)CCOC)c(Cl)c1=O. The molecule has 1 heterocycles. The van der Waals surface area contributed by atoms with Crippen LogP contribution >= 0.6 is 11.6 Å². The van der Waals surface area contributed by atoms with Crippen molar-refractivity contribution in [3.63, 3.8) is 0 Å². The quantitative estimate of drug-likeness (QED) is 0.760. The topological polar surface area (TPSA) is 56.1 Å². The highest BCUT2D eigenvalue weighted by Crippen LogP contribution is 2.23. The molecule has 120 valence electrons. The van der Waals surface area contributed by atoms with Crippen LogP contribution in [-0.2, 0) is 11.3 Å². The van der Waals surface area contributed by atoms with Crippen molar-refractivity contribution < 1.29 is 4.74 Å². The summed E-state index contributed by atoms with van der Waals surface area (Å²) in [6.45, 7) is 8.38. The number of rotatable bonds is 9. The van der Waals surface area contributed by atoms with Crippen molar-refractivity contribution in [1.82, 2.24) is 9.78 Å². The predicted octanol–water partition coefficient (Wildman–Crippen LogP) is 3.17. The molecule has 1 rings (SSSR count). The fraction of sp³-hybridized carbons (Fsp3) is 0.733. The van der Waals surface area contributed by atoms with Gasteiger partial charge in [0, 0.05) is 26.8 Å². The van der Waals surface area contributed by atoms with Gasteiger partial charge in [0.15, 0.2) is 0 Å². The normalized spacial score (nSPS) is 11.7. The first kappa shape index (κ1) is 18.0. The van der Waals surface area contributed by atoms with Gasteiger partial charge in [-0.2, -0.15) is 5.10 Å². The first-order valence-corrected chi connectivity index (χ1v) is 7.77. The van der Waals surface area contributed by atoms with Crippen molar-refractivity contribution in [1.29, 1.82) is 0 Å². The lowest BCUT2D eigenvalue weighted by Gasteiger charge is -2.25. The summed E-state index contributed by atoms with van der Waals surface area (Å²) in [4.78, 5) is 12.1. The number of nitrogens with zero attached hydrogens (tertiary/aromatic N) is 2. The minimum atomic E-state index is -0.232. The fourth-order valence-corrected chi connectivity index (χ4v) is 2.07. The molecule has 0 aromatic carbocycles. The lowest BCUT2D eigenvalue weighted by Crippen LogP contribution is -2.28. The highest BCUT2D eigenvalue weighted by atomic mass is 35.5. The Balaban J connectivity index is 2.72. The van der Waals surface area contributed by atoms with E-state index in [-0.39, 0.29) is 16.0 Å². The molecular weight excluding hydrogens is 290 g/mol. The molecular formula is C15H26ClN3O2. The van der Waals surface area contributed by atoms with Crippen molar-refractivity contribution in [2.75, 3.05) is 25.6 Å². The zero-order chi connectivity index (χ0) is 15.9. The monoisotopic (exact) mass is 315 g/mol. The van der Waals surface area contributed by atoms with Gasteiger partial charge in [0.25, 0.3) is 5.56 Å². The lowest BCUT2D eigenvalue weighted by atomic mass is 9.89. The van der Waals surface area contributed by atoms with Crippen LogP contribution in [0.3, 0.4) is 0 Å². The van der Waals surface area contributed by atoms with Crippen LogP contribution in [0.1, 0.15) is 40.0 Å². The maximum Gasteiger partial charge on any atom is 0.287 e. The van der Waals surface area contributed by atoms with Crippen molar-refractivity contribution >= 4 is 17.3 Å². The summed E-state index contributed by atoms with van der Waals surface area (Å²) < 4.78 is 6.53. The fourth-order valence-electron chi connectivity index (χ4n) is 1.86. The highest BCUT2D eigenvalue weighted by Gasteiger charge is 2.18. The van der Waals surface area contributed by atoms with E-state index in [9.17, 15) is 4.79 Å². The smallest absolute Gasteiger partial charge is 0.287 e. The van der Waals surface area contributed by atoms with E-state index in [4.69, 9.17) is 16.3 Å². The first-order valence-electron chi connectivity index (χ1n) is 7.39. The van der Waals surface area contributed by atoms with E-state index in [0.29, 0.717) is 25.4 Å². The Morgan fingerprint density at radius 3 is 2.81 bits per heavy atom. The van der Waals surface area contributed by atoms with Crippen molar-refractivity contribution in [2.24, 2.45) is 5.41 Å². The average Bonchev–Trinajstić information content (AvgIpc) is 2.46. The number of halogens is 1. The molecule has 0 radical (unpaired) electrons. The Kier molecular flexibility index (Phi) is 7.18. The van der Waals surface area contributed by atoms with Crippen LogP contribution in [0.4, 0.5) is 5.69 Å². The summed E-state index contributed by atoms with van der Waals surface area (Å²) in [6.07, 6.45) is 4.49. The molecule has 0 aliphatic heterocycles. The second-order valence-electron chi connectivity index (χ2n) is 6.01. The third-order valence-electron chi connectivity index (χ3n) is 3.45. The van der Waals surface area contributed by atoms with E-state index in [1.807, 2.05) is 0 Å². The lowest BCUT2D eigenvalue weighted by molar-refractivity contribution is 0.157. The Morgan fingerprint density at radius 2 is 2.19 bits per heavy atom. The van der Waals surface area contributed by atoms with E-state index in [1.54, 1.807) is 13.3 Å². The molecule has 0 amide bonds. The van der Waals surface area contributed by atoms with Gasteiger partial charge in [-0.1, -0.05) is 38.8 Å². The number of methoxy groups -OCH3 is 1. The molecule has 0 saturated heterocycles. The van der Waals surface area contributed by atoms with E-state index >= 15 is 0 Å². The van der Waals surface area contributed by atoms with E-state index in [1.165, 1.54) is 4.68 Å². The molecule has 1 aromatic heterocycles. The molecule has 0 aliphatic rings. The summed E-state index contributed by atoms with van der Waals surface area (Å²) in [6, 6.07) is 0. The summed E-state index contributed by atoms with van der Waals surface area (Å²) in [5.74, 6) is 0. The molecule has 0 aliphatic carbocycles. The Morgan fingerprint density at radius 1 is 1.48 bits per heavy atom. The molecule has 0 spiro atoms. The van der Waals surface area contributed by atoms with Gasteiger partial charge < -0.3 is 10.1 Å². The van der Waals surface area contributed by atoms with Crippen LogP contribution in [0.5, 0.6) is 0 Å². The predicted molar refractivity (Wildman–Crippen MR) is 87.2 cm³/mol. The molecule has 21 heavy (non-hydrogen) atoms. The van der Waals surface area contributed by atoms with Gasteiger partial charge >= 0.3 is 0 Å². The molecule has 1 aromatic rings. The number of ether oxygens (including phenoxy) is 1. The van der Waals surface area contributed by atoms with Crippen LogP contribution in [-0.4, -0.2) is 30.0 Å². The molecule has 0 saturated carbocycles. The Bertz CT molecular complexity index is 500. The number of anilines is 1. The van der Waals surface area contributed by atoms with Gasteiger partial charge in [-0.25, -0.2) is 4.68 Å². The minimum Gasteiger partial charge on any atom is -0.385 e. The Labute approximate surface area is 131 Å². The third kappa shape index (κ3) is 5.67. The highest BCUT2D eigenvalue weighted by molar-refractivity contribution is 6.32. The van der Waals surface area contributed by atoms with Crippen LogP contribution in [0, 0.1) is 5.41 Å². The first-order chi connectivity index (χ1) is 9.91. The summed E-state index contributed by atoms with van der Waals surface area (Å²) in [5, 5.41) is 7.61. The van der Waals surface area contributed by atoms with Gasteiger partial charge in [-0.05, 0) is 18.3 Å². The van der Waals surface area contributed by atoms with Gasteiger partial charge in [-0.3, -0.25) is 4.79 Å². The zero-order valence-corrected chi connectivity index (χ0v) is 14.2. The largest absolute Gasteiger partial charge is 0.385 e. The average molecular weight is 316 g/mol. The molecule has 5 nitrogen and oxygen atoms in total. The summed E-state index contributed by atoms with van der Waals surface area (Å²) in [7, 11) is 1.69. The summed E-state index contributed by atoms with van der Waals surface area (Å²) >= 11 is 6.15. The number of aromatic nitrogens is 2. The van der Waals surface area contributed by atoms with Gasteiger partial charge in [0.2, 0.25) is 0 Å². The number of hydrogen-bond donors (Lipinski definition) is 1. The number of hydrogen-bond acceptors (Lipinski definition) is 4. The van der Waals surface area contributed by atoms with Gasteiger partial charge in [0.05, 0.1) is 11.9 Å². The van der Waals surface area contributed by atoms with Crippen LogP contribution < -0.4 is 10.9 Å². The second kappa shape index (κ2) is 8.39. The molecule has 1 N–H and O–H groups in total. The van der Waals surface area contributed by atoms with Gasteiger partial charge in [0.1, 0.15) is 5.02 Å². The van der Waals surface area contributed by atoms with Crippen molar-refractivity contribution in [2.45, 2.75) is 46.6 Å². The van der Waals surface area contributed by atoms with Crippen LogP contribution in [0.25, 0.3) is 0 Å². The maximum atomic E-state index is 12.1. The van der Waals surface area contributed by atoms with Crippen molar-refractivity contribution in [3.05, 3.63) is 21.6 Å². The van der Waals surface area contributed by atoms with E-state index < -0.39 is 0 Å². The number of unbranched alkanes of at least 4 members (excludes halogenated alkanes) is 1. The van der Waals surface area contributed by atoms with Crippen LogP contribution in [0.15, 0.2) is 11.0 Å². The standard InChI is InChI=1S/C15H26ClN3O2/c1-5-6-8-19-14(20)13(16)12(10-18-19)17-11-15(2,3)7-9-21-4/h10,17H,5-9,11H2,1-4H3. The molecule has 6 heteroatoms. The maximum absolute atomic E-state index is 12.1. The second-order valence-corrected chi connectivity index (χ2v) is 6.39. The van der Waals surface area contributed by atoms with E-state index in [2.05, 4.69) is 31.2 Å². The number of aryl methyl sites for hydroxylation is 1.